The van der Waals surface area contributed by atoms with Crippen LogP contribution in [0.5, 0.6) is 5.88 Å². The Morgan fingerprint density at radius 1 is 1.24 bits per heavy atom. The fraction of sp³-hybridized carbons (Fsp3) is 0.611. The number of amides is 1. The summed E-state index contributed by atoms with van der Waals surface area (Å²) in [5, 5.41) is 0.827. The van der Waals surface area contributed by atoms with Crippen LogP contribution < -0.4 is 4.74 Å². The van der Waals surface area contributed by atoms with Crippen molar-refractivity contribution in [3.05, 3.63) is 16.3 Å². The van der Waals surface area contributed by atoms with Crippen LogP contribution in [0.25, 0.3) is 10.2 Å². The molecule has 1 aliphatic carbocycles. The molecule has 0 unspecified atom stereocenters. The SMILES string of the molecule is COCc1nc(OC)c2c(C)c(C(=O)N(C)C3CCCCC3)sc2n1. The molecule has 3 rings (SSSR count). The van der Waals surface area contributed by atoms with Crippen molar-refractivity contribution in [2.45, 2.75) is 51.7 Å². The number of fused-ring (bicyclic) bond motifs is 1. The van der Waals surface area contributed by atoms with Crippen molar-refractivity contribution >= 4 is 27.5 Å². The Hall–Kier alpha value is -1.73. The van der Waals surface area contributed by atoms with Gasteiger partial charge in [-0.15, -0.1) is 11.3 Å². The van der Waals surface area contributed by atoms with Crippen molar-refractivity contribution in [3.63, 3.8) is 0 Å². The Labute approximate surface area is 152 Å². The first-order valence-electron chi connectivity index (χ1n) is 8.67. The second-order valence-corrected chi connectivity index (χ2v) is 7.53. The Kier molecular flexibility index (Phi) is 5.54. The fourth-order valence-electron chi connectivity index (χ4n) is 3.48. The summed E-state index contributed by atoms with van der Waals surface area (Å²) in [7, 11) is 5.11. The fourth-order valence-corrected chi connectivity index (χ4v) is 4.66. The van der Waals surface area contributed by atoms with Crippen LogP contribution in [0.4, 0.5) is 0 Å². The minimum absolute atomic E-state index is 0.0720. The number of aromatic nitrogens is 2. The number of aryl methyl sites for hydroxylation is 1. The average molecular weight is 363 g/mol. The van der Waals surface area contributed by atoms with Gasteiger partial charge in [-0.05, 0) is 25.3 Å². The van der Waals surface area contributed by atoms with E-state index < -0.39 is 0 Å². The normalized spacial score (nSPS) is 15.5. The molecule has 0 bridgehead atoms. The molecule has 1 fully saturated rings. The summed E-state index contributed by atoms with van der Waals surface area (Å²) in [6, 6.07) is 0.336. The zero-order chi connectivity index (χ0) is 18.0. The number of methoxy groups -OCH3 is 2. The van der Waals surface area contributed by atoms with Crippen LogP contribution in [0, 0.1) is 6.92 Å². The summed E-state index contributed by atoms with van der Waals surface area (Å²) in [5.41, 5.74) is 0.897. The molecule has 0 spiro atoms. The molecule has 0 atom stereocenters. The molecule has 25 heavy (non-hydrogen) atoms. The predicted molar refractivity (Wildman–Crippen MR) is 98.4 cm³/mol. The Bertz CT molecular complexity index is 769. The molecule has 2 aromatic heterocycles. The maximum Gasteiger partial charge on any atom is 0.264 e. The molecule has 0 aliphatic heterocycles. The van der Waals surface area contributed by atoms with Gasteiger partial charge in [0, 0.05) is 20.2 Å². The minimum Gasteiger partial charge on any atom is -0.480 e. The zero-order valence-corrected chi connectivity index (χ0v) is 16.1. The molecular weight excluding hydrogens is 338 g/mol. The van der Waals surface area contributed by atoms with Gasteiger partial charge in [0.05, 0.1) is 17.4 Å². The quantitative estimate of drug-likeness (QED) is 0.813. The molecule has 2 heterocycles. The van der Waals surface area contributed by atoms with E-state index in [2.05, 4.69) is 9.97 Å². The van der Waals surface area contributed by atoms with Crippen LogP contribution in [0.2, 0.25) is 0 Å². The third-order valence-electron chi connectivity index (χ3n) is 4.91. The van der Waals surface area contributed by atoms with Gasteiger partial charge in [0.2, 0.25) is 5.88 Å². The van der Waals surface area contributed by atoms with E-state index >= 15 is 0 Å². The number of nitrogens with zero attached hydrogens (tertiary/aromatic N) is 3. The van der Waals surface area contributed by atoms with E-state index in [9.17, 15) is 4.79 Å². The highest BCUT2D eigenvalue weighted by Gasteiger charge is 2.27. The standard InChI is InChI=1S/C18H25N3O3S/c1-11-14-16(24-4)19-13(10-23-3)20-17(14)25-15(11)18(22)21(2)12-8-6-5-7-9-12/h12H,5-10H2,1-4H3. The number of ether oxygens (including phenoxy) is 2. The summed E-state index contributed by atoms with van der Waals surface area (Å²) in [6.07, 6.45) is 5.86. The molecule has 136 valence electrons. The van der Waals surface area contributed by atoms with Crippen molar-refractivity contribution in [3.8, 4) is 5.88 Å². The van der Waals surface area contributed by atoms with Crippen molar-refractivity contribution in [1.82, 2.24) is 14.9 Å². The van der Waals surface area contributed by atoms with E-state index in [-0.39, 0.29) is 5.91 Å². The van der Waals surface area contributed by atoms with Gasteiger partial charge in [-0.3, -0.25) is 4.79 Å². The molecule has 1 saturated carbocycles. The maximum atomic E-state index is 13.1. The second-order valence-electron chi connectivity index (χ2n) is 6.53. The molecule has 6 nitrogen and oxygen atoms in total. The van der Waals surface area contributed by atoms with Gasteiger partial charge in [-0.25, -0.2) is 4.98 Å². The Morgan fingerprint density at radius 3 is 2.60 bits per heavy atom. The Morgan fingerprint density at radius 2 is 1.96 bits per heavy atom. The summed E-state index contributed by atoms with van der Waals surface area (Å²) in [5.74, 6) is 1.14. The van der Waals surface area contributed by atoms with Gasteiger partial charge in [0.1, 0.15) is 11.4 Å². The average Bonchev–Trinajstić information content (AvgIpc) is 2.97. The van der Waals surface area contributed by atoms with E-state index in [1.807, 2.05) is 18.9 Å². The van der Waals surface area contributed by atoms with Crippen LogP contribution in [-0.2, 0) is 11.3 Å². The lowest BCUT2D eigenvalue weighted by molar-refractivity contribution is 0.0700. The van der Waals surface area contributed by atoms with E-state index in [1.54, 1.807) is 14.2 Å². The van der Waals surface area contributed by atoms with Crippen LogP contribution in [0.1, 0.15) is 53.2 Å². The van der Waals surface area contributed by atoms with Crippen molar-refractivity contribution < 1.29 is 14.3 Å². The molecule has 0 N–H and O–H groups in total. The summed E-state index contributed by atoms with van der Waals surface area (Å²) in [4.78, 5) is 25.4. The molecule has 1 aliphatic rings. The highest BCUT2D eigenvalue weighted by atomic mass is 32.1. The van der Waals surface area contributed by atoms with Crippen LogP contribution in [0.3, 0.4) is 0 Å². The molecule has 7 heteroatoms. The maximum absolute atomic E-state index is 13.1. The molecule has 0 aromatic carbocycles. The van der Waals surface area contributed by atoms with Gasteiger partial charge in [0.25, 0.3) is 5.91 Å². The van der Waals surface area contributed by atoms with Gasteiger partial charge in [0.15, 0.2) is 5.82 Å². The molecule has 0 saturated heterocycles. The van der Waals surface area contributed by atoms with Crippen LogP contribution in [0.15, 0.2) is 0 Å². The number of carbonyl (C=O) groups excluding carboxylic acids is 1. The lowest BCUT2D eigenvalue weighted by Crippen LogP contribution is -2.38. The largest absolute Gasteiger partial charge is 0.480 e. The zero-order valence-electron chi connectivity index (χ0n) is 15.3. The van der Waals surface area contributed by atoms with E-state index in [0.29, 0.717) is 24.4 Å². The lowest BCUT2D eigenvalue weighted by atomic mass is 9.94. The van der Waals surface area contributed by atoms with Gasteiger partial charge >= 0.3 is 0 Å². The lowest BCUT2D eigenvalue weighted by Gasteiger charge is -2.31. The third kappa shape index (κ3) is 3.48. The topological polar surface area (TPSA) is 64.6 Å². The van der Waals surface area contributed by atoms with Crippen molar-refractivity contribution in [1.29, 1.82) is 0 Å². The molecular formula is C18H25N3O3S. The second kappa shape index (κ2) is 7.66. The van der Waals surface area contributed by atoms with Crippen molar-refractivity contribution in [2.24, 2.45) is 0 Å². The van der Waals surface area contributed by atoms with E-state index in [4.69, 9.17) is 9.47 Å². The Balaban J connectivity index is 1.98. The summed E-state index contributed by atoms with van der Waals surface area (Å²) < 4.78 is 10.6. The first-order chi connectivity index (χ1) is 12.1. The predicted octanol–water partition coefficient (Wildman–Crippen LogP) is 3.56. The van der Waals surface area contributed by atoms with Gasteiger partial charge in [-0.1, -0.05) is 19.3 Å². The third-order valence-corrected chi connectivity index (χ3v) is 6.08. The molecule has 2 aromatic rings. The van der Waals surface area contributed by atoms with E-state index in [0.717, 1.165) is 33.5 Å². The van der Waals surface area contributed by atoms with Crippen LogP contribution >= 0.6 is 11.3 Å². The first-order valence-corrected chi connectivity index (χ1v) is 9.48. The minimum atomic E-state index is 0.0720. The number of thiophene rings is 1. The first kappa shape index (κ1) is 18.1. The van der Waals surface area contributed by atoms with Crippen molar-refractivity contribution in [2.75, 3.05) is 21.3 Å². The summed E-state index contributed by atoms with van der Waals surface area (Å²) in [6.45, 7) is 2.26. The number of carbonyl (C=O) groups is 1. The van der Waals surface area contributed by atoms with E-state index in [1.165, 1.54) is 30.6 Å². The molecule has 0 radical (unpaired) electrons. The highest BCUT2D eigenvalue weighted by molar-refractivity contribution is 7.20. The smallest absolute Gasteiger partial charge is 0.264 e. The monoisotopic (exact) mass is 363 g/mol. The summed E-state index contributed by atoms with van der Waals surface area (Å²) >= 11 is 1.42. The van der Waals surface area contributed by atoms with Gasteiger partial charge in [-0.2, -0.15) is 4.98 Å². The van der Waals surface area contributed by atoms with Crippen LogP contribution in [-0.4, -0.2) is 48.1 Å². The number of hydrogen-bond acceptors (Lipinski definition) is 6. The highest BCUT2D eigenvalue weighted by Crippen LogP contribution is 2.36. The van der Waals surface area contributed by atoms with Gasteiger partial charge < -0.3 is 14.4 Å². The number of hydrogen-bond donors (Lipinski definition) is 0. The number of rotatable bonds is 5. The molecule has 1 amide bonds.